The van der Waals surface area contributed by atoms with E-state index in [1.165, 1.54) is 13.1 Å². The highest BCUT2D eigenvalue weighted by molar-refractivity contribution is 5.96. The number of carboxylic acids is 1. The molecule has 1 amide bonds. The zero-order chi connectivity index (χ0) is 26.0. The molecular weight excluding hydrogens is 467 g/mol. The second-order valence-electron chi connectivity index (χ2n) is 8.73. The Balaban J connectivity index is 1.44. The molecule has 0 spiro atoms. The standard InChI is InChI=1S/C26H27FN4O5/c1-3-30-14-20(26(35)36)25(34)19-12-21(27)23(13-22(19)30)31-10-8-29(9-11-31)15-24(33)28-18-6-4-17(5-7-18)16(2)32/h4-7,12-14H,3,8-11,15H2,1-2H3,(H,28,33)(H,35,36). The summed E-state index contributed by atoms with van der Waals surface area (Å²) >= 11 is 0. The summed E-state index contributed by atoms with van der Waals surface area (Å²) < 4.78 is 16.7. The van der Waals surface area contributed by atoms with Gasteiger partial charge in [0.2, 0.25) is 11.3 Å². The number of ketones is 1. The zero-order valence-corrected chi connectivity index (χ0v) is 20.1. The number of hydrogen-bond donors (Lipinski definition) is 2. The topological polar surface area (TPSA) is 112 Å². The van der Waals surface area contributed by atoms with Gasteiger partial charge in [0.15, 0.2) is 5.78 Å². The molecule has 4 rings (SSSR count). The Bertz CT molecular complexity index is 1390. The Morgan fingerprint density at radius 2 is 1.72 bits per heavy atom. The Labute approximate surface area is 206 Å². The van der Waals surface area contributed by atoms with Crippen molar-refractivity contribution in [2.24, 2.45) is 0 Å². The number of carbonyl (C=O) groups excluding carboxylic acids is 2. The van der Waals surface area contributed by atoms with E-state index in [4.69, 9.17) is 0 Å². The molecule has 1 aromatic heterocycles. The Morgan fingerprint density at radius 3 is 2.31 bits per heavy atom. The third kappa shape index (κ3) is 5.13. The first-order valence-corrected chi connectivity index (χ1v) is 11.7. The van der Waals surface area contributed by atoms with Crippen LogP contribution in [0.1, 0.15) is 34.6 Å². The molecule has 0 bridgehead atoms. The Morgan fingerprint density at radius 1 is 1.06 bits per heavy atom. The second kappa shape index (κ2) is 10.3. The van der Waals surface area contributed by atoms with Gasteiger partial charge in [-0.05, 0) is 50.2 Å². The van der Waals surface area contributed by atoms with Gasteiger partial charge in [0.1, 0.15) is 11.4 Å². The van der Waals surface area contributed by atoms with Crippen LogP contribution in [0.2, 0.25) is 0 Å². The van der Waals surface area contributed by atoms with E-state index in [-0.39, 0.29) is 23.6 Å². The highest BCUT2D eigenvalue weighted by atomic mass is 19.1. The van der Waals surface area contributed by atoms with Crippen LogP contribution in [0.5, 0.6) is 0 Å². The van der Waals surface area contributed by atoms with Crippen LogP contribution in [0.3, 0.4) is 0 Å². The van der Waals surface area contributed by atoms with Crippen molar-refractivity contribution in [2.45, 2.75) is 20.4 Å². The van der Waals surface area contributed by atoms with E-state index in [1.807, 2.05) is 16.7 Å². The number of halogens is 1. The largest absolute Gasteiger partial charge is 0.477 e. The van der Waals surface area contributed by atoms with Crippen molar-refractivity contribution in [3.05, 3.63) is 69.8 Å². The molecule has 0 unspecified atom stereocenters. The molecule has 0 atom stereocenters. The smallest absolute Gasteiger partial charge is 0.341 e. The molecule has 36 heavy (non-hydrogen) atoms. The minimum atomic E-state index is -1.35. The van der Waals surface area contributed by atoms with E-state index in [9.17, 15) is 24.3 Å². The Hall–Kier alpha value is -4.05. The van der Waals surface area contributed by atoms with Gasteiger partial charge in [-0.3, -0.25) is 19.3 Å². The van der Waals surface area contributed by atoms with Crippen molar-refractivity contribution in [1.82, 2.24) is 9.47 Å². The monoisotopic (exact) mass is 494 g/mol. The van der Waals surface area contributed by atoms with Gasteiger partial charge in [0.05, 0.1) is 17.7 Å². The zero-order valence-electron chi connectivity index (χ0n) is 20.1. The SMILES string of the molecule is CCn1cc(C(=O)O)c(=O)c2cc(F)c(N3CCN(CC(=O)Nc4ccc(C(C)=O)cc4)CC3)cc21. The second-order valence-corrected chi connectivity index (χ2v) is 8.73. The molecule has 2 N–H and O–H groups in total. The summed E-state index contributed by atoms with van der Waals surface area (Å²) in [7, 11) is 0. The number of carboxylic acid groups (broad SMARTS) is 1. The number of nitrogens with one attached hydrogen (secondary N) is 1. The summed E-state index contributed by atoms with van der Waals surface area (Å²) in [4.78, 5) is 51.7. The van der Waals surface area contributed by atoms with Gasteiger partial charge in [-0.1, -0.05) is 0 Å². The van der Waals surface area contributed by atoms with Crippen LogP contribution in [-0.4, -0.2) is 65.0 Å². The number of aromatic nitrogens is 1. The fourth-order valence-electron chi connectivity index (χ4n) is 4.39. The molecule has 1 aliphatic heterocycles. The van der Waals surface area contributed by atoms with Crippen LogP contribution in [0.15, 0.2) is 47.4 Å². The number of carbonyl (C=O) groups is 3. The summed E-state index contributed by atoms with van der Waals surface area (Å²) in [6.45, 7) is 5.92. The molecule has 1 saturated heterocycles. The number of fused-ring (bicyclic) bond motifs is 1. The molecule has 10 heteroatoms. The van der Waals surface area contributed by atoms with Crippen molar-refractivity contribution < 1.29 is 23.9 Å². The summed E-state index contributed by atoms with van der Waals surface area (Å²) in [6, 6.07) is 9.40. The molecule has 0 aliphatic carbocycles. The maximum atomic E-state index is 15.0. The molecule has 9 nitrogen and oxygen atoms in total. The molecule has 1 fully saturated rings. The lowest BCUT2D eigenvalue weighted by Crippen LogP contribution is -2.49. The number of anilines is 2. The number of hydrogen-bond acceptors (Lipinski definition) is 6. The van der Waals surface area contributed by atoms with Crippen LogP contribution < -0.4 is 15.6 Å². The summed E-state index contributed by atoms with van der Waals surface area (Å²) in [5.74, 6) is -2.17. The van der Waals surface area contributed by atoms with Crippen LogP contribution >= 0.6 is 0 Å². The van der Waals surface area contributed by atoms with Crippen LogP contribution in [0.25, 0.3) is 10.9 Å². The van der Waals surface area contributed by atoms with Crippen LogP contribution in [0.4, 0.5) is 15.8 Å². The highest BCUT2D eigenvalue weighted by Gasteiger charge is 2.23. The Kier molecular flexibility index (Phi) is 7.16. The first kappa shape index (κ1) is 25.1. The lowest BCUT2D eigenvalue weighted by atomic mass is 10.1. The number of amides is 1. The number of nitrogens with zero attached hydrogens (tertiary/aromatic N) is 3. The molecule has 2 aromatic carbocycles. The summed E-state index contributed by atoms with van der Waals surface area (Å²) in [6.07, 6.45) is 1.29. The number of benzene rings is 2. The van der Waals surface area contributed by atoms with Crippen molar-refractivity contribution in [2.75, 3.05) is 42.9 Å². The molecular formula is C26H27FN4O5. The van der Waals surface area contributed by atoms with Gasteiger partial charge in [-0.25, -0.2) is 9.18 Å². The summed E-state index contributed by atoms with van der Waals surface area (Å²) in [5, 5.41) is 12.2. The normalized spacial score (nSPS) is 14.1. The van der Waals surface area contributed by atoms with E-state index < -0.39 is 22.8 Å². The minimum absolute atomic E-state index is 0.0321. The van der Waals surface area contributed by atoms with Crippen molar-refractivity contribution in [3.8, 4) is 0 Å². The van der Waals surface area contributed by atoms with Gasteiger partial charge < -0.3 is 19.9 Å². The maximum absolute atomic E-state index is 15.0. The van der Waals surface area contributed by atoms with Crippen molar-refractivity contribution >= 4 is 39.9 Å². The molecule has 188 valence electrons. The fourth-order valence-corrected chi connectivity index (χ4v) is 4.39. The molecule has 2 heterocycles. The van der Waals surface area contributed by atoms with Gasteiger partial charge in [0, 0.05) is 55.6 Å². The van der Waals surface area contributed by atoms with E-state index in [2.05, 4.69) is 5.32 Å². The van der Waals surface area contributed by atoms with Gasteiger partial charge in [-0.2, -0.15) is 0 Å². The van der Waals surface area contributed by atoms with E-state index in [0.29, 0.717) is 55.2 Å². The number of aryl methyl sites for hydroxylation is 1. The van der Waals surface area contributed by atoms with Crippen LogP contribution in [-0.2, 0) is 11.3 Å². The molecule has 0 radical (unpaired) electrons. The predicted octanol–water partition coefficient (Wildman–Crippen LogP) is 2.82. The number of Topliss-reactive ketones (excluding diaryl/α,β-unsaturated/α-hetero) is 1. The van der Waals surface area contributed by atoms with Gasteiger partial charge in [0.25, 0.3) is 0 Å². The van der Waals surface area contributed by atoms with E-state index >= 15 is 4.39 Å². The first-order chi connectivity index (χ1) is 17.2. The number of aromatic carboxylic acids is 1. The lowest BCUT2D eigenvalue weighted by molar-refractivity contribution is -0.117. The molecule has 0 saturated carbocycles. The van der Waals surface area contributed by atoms with Gasteiger partial charge >= 0.3 is 5.97 Å². The molecule has 1 aliphatic rings. The highest BCUT2D eigenvalue weighted by Crippen LogP contribution is 2.26. The summed E-state index contributed by atoms with van der Waals surface area (Å²) in [5.41, 5.74) is 0.888. The maximum Gasteiger partial charge on any atom is 0.341 e. The minimum Gasteiger partial charge on any atom is -0.477 e. The van der Waals surface area contributed by atoms with Gasteiger partial charge in [-0.15, -0.1) is 0 Å². The predicted molar refractivity (Wildman–Crippen MR) is 135 cm³/mol. The quantitative estimate of drug-likeness (QED) is 0.486. The third-order valence-corrected chi connectivity index (χ3v) is 6.38. The number of piperazine rings is 1. The van der Waals surface area contributed by atoms with Crippen molar-refractivity contribution in [3.63, 3.8) is 0 Å². The first-order valence-electron chi connectivity index (χ1n) is 11.7. The van der Waals surface area contributed by atoms with E-state index in [1.54, 1.807) is 34.9 Å². The van der Waals surface area contributed by atoms with Crippen molar-refractivity contribution in [1.29, 1.82) is 0 Å². The van der Waals surface area contributed by atoms with Crippen LogP contribution in [0, 0.1) is 5.82 Å². The van der Waals surface area contributed by atoms with E-state index in [0.717, 1.165) is 6.07 Å². The fraction of sp³-hybridized carbons (Fsp3) is 0.308. The number of rotatable bonds is 7. The molecule has 3 aromatic rings. The lowest BCUT2D eigenvalue weighted by Gasteiger charge is -2.36. The number of pyridine rings is 1. The average Bonchev–Trinajstić information content (AvgIpc) is 2.85. The average molecular weight is 495 g/mol. The third-order valence-electron chi connectivity index (χ3n) is 6.38.